The maximum absolute atomic E-state index is 12.1. The predicted molar refractivity (Wildman–Crippen MR) is 121 cm³/mol. The summed E-state index contributed by atoms with van der Waals surface area (Å²) >= 11 is 1.32. The summed E-state index contributed by atoms with van der Waals surface area (Å²) in [4.78, 5) is 12.1. The monoisotopic (exact) mass is 435 g/mol. The Kier molecular flexibility index (Phi) is 7.68. The highest BCUT2D eigenvalue weighted by atomic mass is 32.2. The molecule has 0 saturated heterocycles. The average Bonchev–Trinajstić information content (AvgIpc) is 3.21. The van der Waals surface area contributed by atoms with Gasteiger partial charge in [0.1, 0.15) is 5.75 Å². The van der Waals surface area contributed by atoms with Gasteiger partial charge in [-0.1, -0.05) is 43.8 Å². The van der Waals surface area contributed by atoms with Gasteiger partial charge in [-0.25, -0.2) is 0 Å². The minimum atomic E-state index is -0.141. The molecule has 0 bridgehead atoms. The number of methoxy groups -OCH3 is 1. The Morgan fingerprint density at radius 3 is 2.61 bits per heavy atom. The molecule has 31 heavy (non-hydrogen) atoms. The van der Waals surface area contributed by atoms with E-state index in [0.717, 1.165) is 22.6 Å². The molecule has 0 aliphatic carbocycles. The van der Waals surface area contributed by atoms with Crippen LogP contribution in [0.3, 0.4) is 0 Å². The maximum Gasteiger partial charge on any atom is 0.230 e. The van der Waals surface area contributed by atoms with E-state index in [-0.39, 0.29) is 18.1 Å². The molecule has 3 rings (SSSR count). The lowest BCUT2D eigenvalue weighted by Gasteiger charge is -2.17. The molecule has 7 nitrogen and oxygen atoms in total. The van der Waals surface area contributed by atoms with E-state index in [4.69, 9.17) is 10.00 Å². The van der Waals surface area contributed by atoms with E-state index < -0.39 is 0 Å². The standard InChI is InChI=1S/C23H25N5O2S/c1-16(2)19-7-4-5-8-20(19)28-22(17-9-11-18(30-3)12-10-17)26-27-23(28)31-15-21(29)25-14-6-13-24/h4-5,7-12,16H,6,14-15H2,1-3H3,(H,25,29). The van der Waals surface area contributed by atoms with E-state index >= 15 is 0 Å². The van der Waals surface area contributed by atoms with E-state index in [1.165, 1.54) is 11.8 Å². The van der Waals surface area contributed by atoms with E-state index in [0.29, 0.717) is 23.4 Å². The molecule has 0 saturated carbocycles. The first kappa shape index (κ1) is 22.4. The molecule has 0 spiro atoms. The topological polar surface area (TPSA) is 92.8 Å². The second-order valence-corrected chi connectivity index (χ2v) is 8.07. The van der Waals surface area contributed by atoms with E-state index in [1.807, 2.05) is 53.1 Å². The van der Waals surface area contributed by atoms with E-state index in [9.17, 15) is 4.79 Å². The summed E-state index contributed by atoms with van der Waals surface area (Å²) in [6, 6.07) is 17.8. The van der Waals surface area contributed by atoms with Gasteiger partial charge < -0.3 is 10.1 Å². The van der Waals surface area contributed by atoms with Crippen molar-refractivity contribution in [3.05, 3.63) is 54.1 Å². The van der Waals surface area contributed by atoms with Gasteiger partial charge in [0.05, 0.1) is 31.0 Å². The molecule has 1 amide bonds. The normalized spacial score (nSPS) is 10.7. The zero-order valence-corrected chi connectivity index (χ0v) is 18.6. The van der Waals surface area contributed by atoms with Gasteiger partial charge in [-0.3, -0.25) is 9.36 Å². The second kappa shape index (κ2) is 10.6. The molecule has 0 unspecified atom stereocenters. The number of nitrogens with zero attached hydrogens (tertiary/aromatic N) is 4. The first-order chi connectivity index (χ1) is 15.0. The van der Waals surface area contributed by atoms with Crippen molar-refractivity contribution in [3.63, 3.8) is 0 Å². The van der Waals surface area contributed by atoms with E-state index in [1.54, 1.807) is 7.11 Å². The number of benzene rings is 2. The summed E-state index contributed by atoms with van der Waals surface area (Å²) in [6.45, 7) is 4.63. The van der Waals surface area contributed by atoms with Crippen LogP contribution in [0.4, 0.5) is 0 Å². The molecule has 160 valence electrons. The molecule has 2 aromatic carbocycles. The third kappa shape index (κ3) is 5.44. The molecule has 1 aromatic heterocycles. The van der Waals surface area contributed by atoms with Gasteiger partial charge in [0.25, 0.3) is 0 Å². The van der Waals surface area contributed by atoms with Crippen LogP contribution in [-0.4, -0.2) is 40.1 Å². The molecule has 0 fully saturated rings. The summed E-state index contributed by atoms with van der Waals surface area (Å²) in [5, 5.41) is 20.8. The smallest absolute Gasteiger partial charge is 0.230 e. The Labute approximate surface area is 186 Å². The molecular weight excluding hydrogens is 410 g/mol. The van der Waals surface area contributed by atoms with Crippen molar-refractivity contribution >= 4 is 17.7 Å². The molecule has 0 radical (unpaired) electrons. The molecule has 0 atom stereocenters. The van der Waals surface area contributed by atoms with Crippen LogP contribution in [0.1, 0.15) is 31.7 Å². The fourth-order valence-electron chi connectivity index (χ4n) is 3.13. The summed E-state index contributed by atoms with van der Waals surface area (Å²) in [7, 11) is 1.63. The number of carbonyl (C=O) groups is 1. The highest BCUT2D eigenvalue weighted by molar-refractivity contribution is 7.99. The van der Waals surface area contributed by atoms with Gasteiger partial charge in [0.2, 0.25) is 5.91 Å². The summed E-state index contributed by atoms with van der Waals surface area (Å²) in [5.41, 5.74) is 3.05. The van der Waals surface area contributed by atoms with Crippen LogP contribution in [0.5, 0.6) is 5.75 Å². The SMILES string of the molecule is COc1ccc(-c2nnc(SCC(=O)NCCC#N)n2-c2ccccc2C(C)C)cc1. The number of aromatic nitrogens is 3. The Morgan fingerprint density at radius 1 is 1.19 bits per heavy atom. The Bertz CT molecular complexity index is 1070. The van der Waals surface area contributed by atoms with Crippen molar-refractivity contribution < 1.29 is 9.53 Å². The van der Waals surface area contributed by atoms with Gasteiger partial charge >= 0.3 is 0 Å². The largest absolute Gasteiger partial charge is 0.497 e. The Morgan fingerprint density at radius 2 is 1.94 bits per heavy atom. The number of carbonyl (C=O) groups excluding carboxylic acids is 1. The minimum Gasteiger partial charge on any atom is -0.497 e. The quantitative estimate of drug-likeness (QED) is 0.400. The molecule has 8 heteroatoms. The molecule has 0 aliphatic rings. The minimum absolute atomic E-state index is 0.141. The summed E-state index contributed by atoms with van der Waals surface area (Å²) in [6.07, 6.45) is 0.288. The van der Waals surface area contributed by atoms with Gasteiger partial charge in [0.15, 0.2) is 11.0 Å². The maximum atomic E-state index is 12.1. The Balaban J connectivity index is 1.99. The van der Waals surface area contributed by atoms with Crippen LogP contribution < -0.4 is 10.1 Å². The van der Waals surface area contributed by atoms with Crippen molar-refractivity contribution in [3.8, 4) is 28.9 Å². The van der Waals surface area contributed by atoms with Crippen LogP contribution in [0, 0.1) is 11.3 Å². The van der Waals surface area contributed by atoms with Crippen molar-refractivity contribution in [1.29, 1.82) is 5.26 Å². The molecule has 3 aromatic rings. The lowest BCUT2D eigenvalue weighted by molar-refractivity contribution is -0.118. The zero-order valence-electron chi connectivity index (χ0n) is 17.8. The number of hydrogen-bond donors (Lipinski definition) is 1. The fraction of sp³-hybridized carbons (Fsp3) is 0.304. The molecule has 0 aliphatic heterocycles. The average molecular weight is 436 g/mol. The molecular formula is C23H25N5O2S. The van der Waals surface area contributed by atoms with Gasteiger partial charge in [-0.2, -0.15) is 5.26 Å². The predicted octanol–water partition coefficient (Wildman–Crippen LogP) is 4.19. The van der Waals surface area contributed by atoms with Crippen molar-refractivity contribution in [2.75, 3.05) is 19.4 Å². The Hall–Kier alpha value is -3.31. The zero-order chi connectivity index (χ0) is 22.2. The summed E-state index contributed by atoms with van der Waals surface area (Å²) in [5.74, 6) is 1.81. The number of thioether (sulfide) groups is 1. The first-order valence-corrected chi connectivity index (χ1v) is 11.0. The van der Waals surface area contributed by atoms with E-state index in [2.05, 4.69) is 35.4 Å². The van der Waals surface area contributed by atoms with Gasteiger partial charge in [-0.05, 0) is 41.8 Å². The second-order valence-electron chi connectivity index (χ2n) is 7.13. The highest BCUT2D eigenvalue weighted by Gasteiger charge is 2.20. The number of para-hydroxylation sites is 1. The third-order valence-corrected chi connectivity index (χ3v) is 5.60. The number of amides is 1. The molecule has 1 heterocycles. The third-order valence-electron chi connectivity index (χ3n) is 4.67. The van der Waals surface area contributed by atoms with Crippen LogP contribution in [-0.2, 0) is 4.79 Å². The van der Waals surface area contributed by atoms with Crippen LogP contribution in [0.2, 0.25) is 0 Å². The van der Waals surface area contributed by atoms with Gasteiger partial charge in [0, 0.05) is 12.1 Å². The van der Waals surface area contributed by atoms with Gasteiger partial charge in [-0.15, -0.1) is 10.2 Å². The first-order valence-electron chi connectivity index (χ1n) is 10.0. The number of ether oxygens (including phenoxy) is 1. The number of hydrogen-bond acceptors (Lipinski definition) is 6. The fourth-order valence-corrected chi connectivity index (χ4v) is 3.90. The van der Waals surface area contributed by atoms with Crippen molar-refractivity contribution in [1.82, 2.24) is 20.1 Å². The number of nitriles is 1. The lowest BCUT2D eigenvalue weighted by atomic mass is 10.0. The number of nitrogens with one attached hydrogen (secondary N) is 1. The summed E-state index contributed by atoms with van der Waals surface area (Å²) < 4.78 is 7.27. The van der Waals surface area contributed by atoms with Crippen molar-refractivity contribution in [2.45, 2.75) is 31.3 Å². The van der Waals surface area contributed by atoms with Crippen LogP contribution in [0.25, 0.3) is 17.1 Å². The van der Waals surface area contributed by atoms with Crippen LogP contribution >= 0.6 is 11.8 Å². The molecule has 1 N–H and O–H groups in total. The lowest BCUT2D eigenvalue weighted by Crippen LogP contribution is -2.26. The highest BCUT2D eigenvalue weighted by Crippen LogP contribution is 2.32. The van der Waals surface area contributed by atoms with Crippen molar-refractivity contribution in [2.24, 2.45) is 0 Å². The van der Waals surface area contributed by atoms with Crippen LogP contribution in [0.15, 0.2) is 53.7 Å². The number of rotatable bonds is 9.